The molecule has 1 aromatic carbocycles. The van der Waals surface area contributed by atoms with Crippen LogP contribution in [-0.4, -0.2) is 17.6 Å². The number of aromatic nitrogens is 1. The van der Waals surface area contributed by atoms with E-state index in [2.05, 4.69) is 43.4 Å². The highest BCUT2D eigenvalue weighted by Crippen LogP contribution is 2.27. The smallest absolute Gasteiger partial charge is 0.218 e. The molecule has 0 amide bonds. The highest BCUT2D eigenvalue weighted by molar-refractivity contribution is 5.83. The lowest BCUT2D eigenvalue weighted by Crippen LogP contribution is -2.27. The Morgan fingerprint density at radius 1 is 1.37 bits per heavy atom. The van der Waals surface area contributed by atoms with Crippen LogP contribution in [-0.2, 0) is 13.0 Å². The van der Waals surface area contributed by atoms with Gasteiger partial charge in [0, 0.05) is 24.0 Å². The summed E-state index contributed by atoms with van der Waals surface area (Å²) in [5, 5.41) is 4.64. The van der Waals surface area contributed by atoms with Crippen LogP contribution in [0, 0.1) is 0 Å². The standard InChI is InChI=1S/C16H20N2O/c1-3-11-6-5-7-12-8-13-9-17-10-14(4-2)19-16(13)18-15(11)12/h5-8,14,17H,3-4,9-10H2,1-2H3. The lowest BCUT2D eigenvalue weighted by Gasteiger charge is -2.15. The Bertz CT molecular complexity index is 595. The van der Waals surface area contributed by atoms with Crippen molar-refractivity contribution >= 4 is 10.9 Å². The van der Waals surface area contributed by atoms with Crippen LogP contribution in [0.3, 0.4) is 0 Å². The summed E-state index contributed by atoms with van der Waals surface area (Å²) in [5.41, 5.74) is 3.53. The van der Waals surface area contributed by atoms with Gasteiger partial charge < -0.3 is 10.1 Å². The Morgan fingerprint density at radius 3 is 3.05 bits per heavy atom. The summed E-state index contributed by atoms with van der Waals surface area (Å²) in [6, 6.07) is 8.59. The van der Waals surface area contributed by atoms with E-state index in [0.717, 1.165) is 42.9 Å². The maximum atomic E-state index is 6.04. The number of hydrogen-bond acceptors (Lipinski definition) is 3. The molecule has 3 nitrogen and oxygen atoms in total. The first kappa shape index (κ1) is 12.4. The first-order valence-corrected chi connectivity index (χ1v) is 7.10. The Kier molecular flexibility index (Phi) is 3.38. The molecule has 1 N–H and O–H groups in total. The van der Waals surface area contributed by atoms with Crippen molar-refractivity contribution < 1.29 is 4.74 Å². The third-order valence-corrected chi connectivity index (χ3v) is 3.77. The molecule has 3 rings (SSSR count). The third-order valence-electron chi connectivity index (χ3n) is 3.77. The highest BCUT2D eigenvalue weighted by atomic mass is 16.5. The van der Waals surface area contributed by atoms with Crippen LogP contribution < -0.4 is 10.1 Å². The predicted octanol–water partition coefficient (Wildman–Crippen LogP) is 3.06. The first-order chi connectivity index (χ1) is 9.31. The first-order valence-electron chi connectivity index (χ1n) is 7.10. The van der Waals surface area contributed by atoms with E-state index in [1.165, 1.54) is 10.9 Å². The number of benzene rings is 1. The highest BCUT2D eigenvalue weighted by Gasteiger charge is 2.18. The molecule has 0 radical (unpaired) electrons. The van der Waals surface area contributed by atoms with E-state index in [9.17, 15) is 0 Å². The topological polar surface area (TPSA) is 34.1 Å². The predicted molar refractivity (Wildman–Crippen MR) is 77.5 cm³/mol. The Labute approximate surface area is 114 Å². The monoisotopic (exact) mass is 256 g/mol. The minimum atomic E-state index is 0.222. The molecule has 2 aromatic rings. The Hall–Kier alpha value is -1.61. The number of hydrogen-bond donors (Lipinski definition) is 1. The van der Waals surface area contributed by atoms with E-state index < -0.39 is 0 Å². The van der Waals surface area contributed by atoms with Crippen molar-refractivity contribution in [2.24, 2.45) is 0 Å². The number of ether oxygens (including phenoxy) is 1. The summed E-state index contributed by atoms with van der Waals surface area (Å²) in [6.07, 6.45) is 2.22. The van der Waals surface area contributed by atoms with Crippen LogP contribution >= 0.6 is 0 Å². The number of fused-ring (bicyclic) bond motifs is 2. The van der Waals surface area contributed by atoms with Gasteiger partial charge in [-0.1, -0.05) is 32.0 Å². The zero-order valence-corrected chi connectivity index (χ0v) is 11.6. The van der Waals surface area contributed by atoms with Crippen molar-refractivity contribution in [2.45, 2.75) is 39.3 Å². The number of nitrogens with zero attached hydrogens (tertiary/aromatic N) is 1. The van der Waals surface area contributed by atoms with Crippen LogP contribution in [0.25, 0.3) is 10.9 Å². The van der Waals surface area contributed by atoms with Crippen LogP contribution in [0.1, 0.15) is 31.4 Å². The molecule has 0 spiro atoms. The maximum Gasteiger partial charge on any atom is 0.218 e. The summed E-state index contributed by atoms with van der Waals surface area (Å²) in [6.45, 7) is 6.05. The van der Waals surface area contributed by atoms with Crippen LogP contribution in [0.4, 0.5) is 0 Å². The molecule has 0 fully saturated rings. The van der Waals surface area contributed by atoms with Crippen LogP contribution in [0.15, 0.2) is 24.3 Å². The Morgan fingerprint density at radius 2 is 2.26 bits per heavy atom. The molecule has 1 aliphatic heterocycles. The molecule has 1 aromatic heterocycles. The molecule has 1 atom stereocenters. The molecule has 0 saturated heterocycles. The number of pyridine rings is 1. The van der Waals surface area contributed by atoms with Gasteiger partial charge in [0.2, 0.25) is 5.88 Å². The molecule has 1 unspecified atom stereocenters. The van der Waals surface area contributed by atoms with Crippen LogP contribution in [0.2, 0.25) is 0 Å². The molecule has 0 saturated carbocycles. The summed E-state index contributed by atoms with van der Waals surface area (Å²) in [4.78, 5) is 4.78. The normalized spacial score (nSPS) is 18.7. The second-order valence-corrected chi connectivity index (χ2v) is 5.07. The van der Waals surface area contributed by atoms with Gasteiger partial charge in [-0.15, -0.1) is 0 Å². The van der Waals surface area contributed by atoms with Gasteiger partial charge in [-0.3, -0.25) is 0 Å². The average Bonchev–Trinajstić information content (AvgIpc) is 2.65. The quantitative estimate of drug-likeness (QED) is 0.896. The van der Waals surface area contributed by atoms with Crippen LogP contribution in [0.5, 0.6) is 5.88 Å². The molecular weight excluding hydrogens is 236 g/mol. The summed E-state index contributed by atoms with van der Waals surface area (Å²) in [5.74, 6) is 0.810. The second-order valence-electron chi connectivity index (χ2n) is 5.07. The number of para-hydroxylation sites is 1. The third kappa shape index (κ3) is 2.30. The molecule has 0 bridgehead atoms. The van der Waals surface area contributed by atoms with Crippen molar-refractivity contribution in [3.63, 3.8) is 0 Å². The average molecular weight is 256 g/mol. The zero-order valence-electron chi connectivity index (χ0n) is 11.6. The van der Waals surface area contributed by atoms with Gasteiger partial charge in [0.1, 0.15) is 6.10 Å². The van der Waals surface area contributed by atoms with E-state index in [1.807, 2.05) is 0 Å². The van der Waals surface area contributed by atoms with E-state index in [1.54, 1.807) is 0 Å². The van der Waals surface area contributed by atoms with Gasteiger partial charge >= 0.3 is 0 Å². The van der Waals surface area contributed by atoms with E-state index >= 15 is 0 Å². The van der Waals surface area contributed by atoms with Gasteiger partial charge in [-0.05, 0) is 24.5 Å². The SMILES string of the molecule is CCc1cccc2cc3c(nc12)OC(CC)CNC3. The van der Waals surface area contributed by atoms with Gasteiger partial charge in [-0.2, -0.15) is 0 Å². The molecule has 3 heteroatoms. The molecule has 100 valence electrons. The lowest BCUT2D eigenvalue weighted by atomic mass is 10.1. The fraction of sp³-hybridized carbons (Fsp3) is 0.438. The number of nitrogens with one attached hydrogen (secondary N) is 1. The molecule has 2 heterocycles. The van der Waals surface area contributed by atoms with Crippen molar-refractivity contribution in [1.82, 2.24) is 10.3 Å². The van der Waals surface area contributed by atoms with Crippen molar-refractivity contribution in [3.8, 4) is 5.88 Å². The summed E-state index contributed by atoms with van der Waals surface area (Å²) in [7, 11) is 0. The molecule has 0 aliphatic carbocycles. The minimum Gasteiger partial charge on any atom is -0.473 e. The van der Waals surface area contributed by atoms with Crippen molar-refractivity contribution in [3.05, 3.63) is 35.4 Å². The van der Waals surface area contributed by atoms with Gasteiger partial charge in [-0.25, -0.2) is 4.98 Å². The zero-order chi connectivity index (χ0) is 13.2. The number of rotatable bonds is 2. The Balaban J connectivity index is 2.13. The van der Waals surface area contributed by atoms with Crippen molar-refractivity contribution in [1.29, 1.82) is 0 Å². The summed E-state index contributed by atoms with van der Waals surface area (Å²) >= 11 is 0. The fourth-order valence-corrected chi connectivity index (χ4v) is 2.60. The summed E-state index contributed by atoms with van der Waals surface area (Å²) < 4.78 is 6.04. The van der Waals surface area contributed by atoms with E-state index in [-0.39, 0.29) is 6.10 Å². The number of aryl methyl sites for hydroxylation is 1. The lowest BCUT2D eigenvalue weighted by molar-refractivity contribution is 0.195. The second kappa shape index (κ2) is 5.17. The molecular formula is C16H20N2O. The fourth-order valence-electron chi connectivity index (χ4n) is 2.60. The van der Waals surface area contributed by atoms with Crippen molar-refractivity contribution in [2.75, 3.05) is 6.54 Å². The van der Waals surface area contributed by atoms with Gasteiger partial charge in [0.15, 0.2) is 0 Å². The molecule has 19 heavy (non-hydrogen) atoms. The maximum absolute atomic E-state index is 6.04. The van der Waals surface area contributed by atoms with Gasteiger partial charge in [0.25, 0.3) is 0 Å². The molecule has 1 aliphatic rings. The van der Waals surface area contributed by atoms with Gasteiger partial charge in [0.05, 0.1) is 5.52 Å². The van der Waals surface area contributed by atoms with E-state index in [4.69, 9.17) is 9.72 Å². The minimum absolute atomic E-state index is 0.222. The largest absolute Gasteiger partial charge is 0.473 e. The van der Waals surface area contributed by atoms with E-state index in [0.29, 0.717) is 0 Å².